The Morgan fingerprint density at radius 1 is 0.788 bits per heavy atom. The molecule has 0 atom stereocenters. The van der Waals surface area contributed by atoms with Gasteiger partial charge in [0, 0.05) is 23.4 Å². The maximum Gasteiger partial charge on any atom is 0.271 e. The first-order valence-corrected chi connectivity index (χ1v) is 12.8. The molecule has 0 saturated heterocycles. The van der Waals surface area contributed by atoms with E-state index in [2.05, 4.69) is 12.2 Å². The van der Waals surface area contributed by atoms with Gasteiger partial charge in [-0.1, -0.05) is 108 Å². The molecule has 1 N–H and O–H groups in total. The molecule has 0 aliphatic heterocycles. The normalized spacial score (nSPS) is 10.8. The highest BCUT2D eigenvalue weighted by Crippen LogP contribution is 2.20. The third kappa shape index (κ3) is 10.6. The van der Waals surface area contributed by atoms with Gasteiger partial charge < -0.3 is 5.32 Å². The molecule has 2 aromatic carbocycles. The molecule has 0 fully saturated rings. The highest BCUT2D eigenvalue weighted by atomic mass is 16.6. The fraction of sp³-hybridized carbons (Fsp3) is 0.536. The number of hydrogen-bond donors (Lipinski definition) is 1. The molecule has 5 heteroatoms. The number of amides is 1. The Bertz CT molecular complexity index is 851. The average molecular weight is 453 g/mol. The Morgan fingerprint density at radius 3 is 1.97 bits per heavy atom. The number of nitro groups is 1. The standard InChI is InChI=1S/C28H40N2O3/c1-2-3-4-5-6-7-8-9-10-11-12-13-14-18-24-19-15-16-22-27(24)28(31)29-25-20-17-21-26(23-25)30(32)33/h15-17,19-23H,2-14,18H2,1H3,(H,29,31). The van der Waals surface area contributed by atoms with E-state index in [1.165, 1.54) is 89.2 Å². The van der Waals surface area contributed by atoms with E-state index < -0.39 is 4.92 Å². The van der Waals surface area contributed by atoms with Gasteiger partial charge in [0.05, 0.1) is 4.92 Å². The maximum atomic E-state index is 12.8. The van der Waals surface area contributed by atoms with Gasteiger partial charge >= 0.3 is 0 Å². The molecule has 5 nitrogen and oxygen atoms in total. The van der Waals surface area contributed by atoms with Gasteiger partial charge in [-0.05, 0) is 30.5 Å². The van der Waals surface area contributed by atoms with E-state index >= 15 is 0 Å². The summed E-state index contributed by atoms with van der Waals surface area (Å²) in [5.74, 6) is -0.221. The van der Waals surface area contributed by atoms with E-state index in [-0.39, 0.29) is 11.6 Å². The summed E-state index contributed by atoms with van der Waals surface area (Å²) in [6, 6.07) is 13.7. The van der Waals surface area contributed by atoms with E-state index in [1.54, 1.807) is 12.1 Å². The van der Waals surface area contributed by atoms with Gasteiger partial charge in [-0.2, -0.15) is 0 Å². The summed E-state index contributed by atoms with van der Waals surface area (Å²) >= 11 is 0. The van der Waals surface area contributed by atoms with Crippen molar-refractivity contribution in [2.45, 2.75) is 96.8 Å². The van der Waals surface area contributed by atoms with Crippen molar-refractivity contribution in [2.24, 2.45) is 0 Å². The number of benzene rings is 2. The molecule has 0 aliphatic carbocycles. The predicted octanol–water partition coefficient (Wildman–Crippen LogP) is 8.48. The lowest BCUT2D eigenvalue weighted by molar-refractivity contribution is -0.384. The summed E-state index contributed by atoms with van der Waals surface area (Å²) in [4.78, 5) is 23.3. The molecule has 0 bridgehead atoms. The molecular formula is C28H40N2O3. The number of carbonyl (C=O) groups excluding carboxylic acids is 1. The number of anilines is 1. The Morgan fingerprint density at radius 2 is 1.36 bits per heavy atom. The van der Waals surface area contributed by atoms with Crippen LogP contribution >= 0.6 is 0 Å². The molecule has 0 radical (unpaired) electrons. The smallest absolute Gasteiger partial charge is 0.271 e. The highest BCUT2D eigenvalue weighted by molar-refractivity contribution is 6.05. The Kier molecular flexibility index (Phi) is 12.9. The Hall–Kier alpha value is -2.69. The number of non-ortho nitro benzene ring substituents is 1. The first-order valence-electron chi connectivity index (χ1n) is 12.8. The zero-order valence-electron chi connectivity index (χ0n) is 20.2. The SMILES string of the molecule is CCCCCCCCCCCCCCCc1ccccc1C(=O)Nc1cccc([N+](=O)[O-])c1. The summed E-state index contributed by atoms with van der Waals surface area (Å²) in [6.45, 7) is 2.26. The van der Waals surface area contributed by atoms with Crippen molar-refractivity contribution < 1.29 is 9.72 Å². The summed E-state index contributed by atoms with van der Waals surface area (Å²) in [5, 5.41) is 13.8. The van der Waals surface area contributed by atoms with Gasteiger partial charge in [-0.3, -0.25) is 14.9 Å². The second-order valence-corrected chi connectivity index (χ2v) is 8.91. The van der Waals surface area contributed by atoms with Crippen LogP contribution in [0.1, 0.15) is 106 Å². The third-order valence-corrected chi connectivity index (χ3v) is 6.13. The number of carbonyl (C=O) groups is 1. The lowest BCUT2D eigenvalue weighted by Crippen LogP contribution is -2.14. The van der Waals surface area contributed by atoms with Crippen LogP contribution in [0.4, 0.5) is 11.4 Å². The molecular weight excluding hydrogens is 412 g/mol. The van der Waals surface area contributed by atoms with Gasteiger partial charge in [0.1, 0.15) is 0 Å². The fourth-order valence-electron chi connectivity index (χ4n) is 4.19. The number of nitrogens with one attached hydrogen (secondary N) is 1. The number of nitrogens with zero attached hydrogens (tertiary/aromatic N) is 1. The van der Waals surface area contributed by atoms with Crippen molar-refractivity contribution in [1.82, 2.24) is 0 Å². The quantitative estimate of drug-likeness (QED) is 0.149. The lowest BCUT2D eigenvalue weighted by atomic mass is 9.99. The zero-order valence-corrected chi connectivity index (χ0v) is 20.2. The van der Waals surface area contributed by atoms with Gasteiger partial charge in [0.15, 0.2) is 0 Å². The minimum atomic E-state index is -0.460. The molecule has 0 aromatic heterocycles. The average Bonchev–Trinajstić information content (AvgIpc) is 2.82. The van der Waals surface area contributed by atoms with Crippen molar-refractivity contribution in [3.05, 3.63) is 69.8 Å². The van der Waals surface area contributed by atoms with Gasteiger partial charge in [0.2, 0.25) is 0 Å². The second kappa shape index (κ2) is 16.0. The summed E-state index contributed by atoms with van der Waals surface area (Å²) in [5.41, 5.74) is 2.07. The Balaban J connectivity index is 1.65. The molecule has 0 unspecified atom stereocenters. The van der Waals surface area contributed by atoms with Crippen LogP contribution in [0.2, 0.25) is 0 Å². The van der Waals surface area contributed by atoms with Crippen molar-refractivity contribution in [3.8, 4) is 0 Å². The van der Waals surface area contributed by atoms with E-state index in [0.29, 0.717) is 11.3 Å². The van der Waals surface area contributed by atoms with E-state index in [0.717, 1.165) is 18.4 Å². The van der Waals surface area contributed by atoms with Gasteiger partial charge in [-0.25, -0.2) is 0 Å². The van der Waals surface area contributed by atoms with Crippen LogP contribution in [0.3, 0.4) is 0 Å². The maximum absolute atomic E-state index is 12.8. The molecule has 0 saturated carbocycles. The number of nitro benzene ring substituents is 1. The number of aryl methyl sites for hydroxylation is 1. The van der Waals surface area contributed by atoms with Crippen LogP contribution in [0.5, 0.6) is 0 Å². The third-order valence-electron chi connectivity index (χ3n) is 6.13. The van der Waals surface area contributed by atoms with Crippen LogP contribution < -0.4 is 5.32 Å². The molecule has 0 aliphatic rings. The zero-order chi connectivity index (χ0) is 23.7. The van der Waals surface area contributed by atoms with Gasteiger partial charge in [-0.15, -0.1) is 0 Å². The molecule has 33 heavy (non-hydrogen) atoms. The first-order chi connectivity index (χ1) is 16.1. The summed E-state index contributed by atoms with van der Waals surface area (Å²) < 4.78 is 0. The summed E-state index contributed by atoms with van der Waals surface area (Å²) in [6.07, 6.45) is 18.0. The lowest BCUT2D eigenvalue weighted by Gasteiger charge is -2.10. The van der Waals surface area contributed by atoms with E-state index in [9.17, 15) is 14.9 Å². The highest BCUT2D eigenvalue weighted by Gasteiger charge is 2.13. The van der Waals surface area contributed by atoms with E-state index in [4.69, 9.17) is 0 Å². The van der Waals surface area contributed by atoms with Crippen molar-refractivity contribution in [3.63, 3.8) is 0 Å². The molecule has 180 valence electrons. The summed E-state index contributed by atoms with van der Waals surface area (Å²) in [7, 11) is 0. The largest absolute Gasteiger partial charge is 0.322 e. The van der Waals surface area contributed by atoms with Crippen LogP contribution in [-0.4, -0.2) is 10.8 Å². The molecule has 0 heterocycles. The second-order valence-electron chi connectivity index (χ2n) is 8.91. The Labute approximate surface area is 199 Å². The molecule has 1 amide bonds. The van der Waals surface area contributed by atoms with Crippen LogP contribution in [0, 0.1) is 10.1 Å². The van der Waals surface area contributed by atoms with Gasteiger partial charge in [0.25, 0.3) is 11.6 Å². The topological polar surface area (TPSA) is 72.2 Å². The first kappa shape index (κ1) is 26.6. The van der Waals surface area contributed by atoms with Crippen LogP contribution in [0.25, 0.3) is 0 Å². The van der Waals surface area contributed by atoms with Crippen LogP contribution in [0.15, 0.2) is 48.5 Å². The van der Waals surface area contributed by atoms with Crippen molar-refractivity contribution >= 4 is 17.3 Å². The predicted molar refractivity (Wildman–Crippen MR) is 137 cm³/mol. The molecule has 2 aromatic rings. The number of unbranched alkanes of at least 4 members (excludes halogenated alkanes) is 12. The van der Waals surface area contributed by atoms with Crippen molar-refractivity contribution in [1.29, 1.82) is 0 Å². The van der Waals surface area contributed by atoms with E-state index in [1.807, 2.05) is 24.3 Å². The van der Waals surface area contributed by atoms with Crippen LogP contribution in [-0.2, 0) is 6.42 Å². The molecule has 2 rings (SSSR count). The minimum absolute atomic E-state index is 0.0342. The number of rotatable bonds is 17. The number of hydrogen-bond acceptors (Lipinski definition) is 3. The minimum Gasteiger partial charge on any atom is -0.322 e. The monoisotopic (exact) mass is 452 g/mol. The fourth-order valence-corrected chi connectivity index (χ4v) is 4.19. The van der Waals surface area contributed by atoms with Crippen molar-refractivity contribution in [2.75, 3.05) is 5.32 Å². The molecule has 0 spiro atoms.